The third-order valence-corrected chi connectivity index (χ3v) is 5.53. The Kier molecular flexibility index (Phi) is 4.41. The van der Waals surface area contributed by atoms with Crippen molar-refractivity contribution in [2.45, 2.75) is 38.4 Å². The minimum Gasteiger partial charge on any atom is -0.330 e. The van der Waals surface area contributed by atoms with E-state index in [1.807, 2.05) is 23.2 Å². The molecule has 2 aromatic heterocycles. The number of aromatic nitrogens is 3. The van der Waals surface area contributed by atoms with Crippen molar-refractivity contribution in [1.82, 2.24) is 25.4 Å². The lowest BCUT2D eigenvalue weighted by atomic mass is 10.0. The van der Waals surface area contributed by atoms with Gasteiger partial charge in [-0.25, -0.2) is 0 Å². The van der Waals surface area contributed by atoms with Gasteiger partial charge in [-0.15, -0.1) is 0 Å². The third-order valence-electron chi connectivity index (χ3n) is 5.53. The topological polar surface area (TPSA) is 73.9 Å². The van der Waals surface area contributed by atoms with Crippen LogP contribution in [0.15, 0.2) is 48.8 Å². The van der Waals surface area contributed by atoms with Crippen LogP contribution in [-0.2, 0) is 19.5 Å². The van der Waals surface area contributed by atoms with E-state index in [0.717, 1.165) is 53.8 Å². The fraction of sp³-hybridized carbons (Fsp3) is 0.318. The van der Waals surface area contributed by atoms with Gasteiger partial charge >= 0.3 is 0 Å². The fourth-order valence-electron chi connectivity index (χ4n) is 3.87. The summed E-state index contributed by atoms with van der Waals surface area (Å²) in [7, 11) is 0. The van der Waals surface area contributed by atoms with Crippen LogP contribution in [0.3, 0.4) is 0 Å². The van der Waals surface area contributed by atoms with Crippen LogP contribution in [0.2, 0.25) is 0 Å². The third kappa shape index (κ3) is 3.31. The number of fused-ring (bicyclic) bond motifs is 1. The van der Waals surface area contributed by atoms with Gasteiger partial charge in [-0.2, -0.15) is 5.10 Å². The number of nitrogens with one attached hydrogen (secondary N) is 2. The van der Waals surface area contributed by atoms with Gasteiger partial charge in [0.05, 0.1) is 0 Å². The van der Waals surface area contributed by atoms with E-state index in [0.29, 0.717) is 24.8 Å². The number of amides is 1. The molecule has 2 aliphatic rings. The second-order valence-electron chi connectivity index (χ2n) is 7.56. The summed E-state index contributed by atoms with van der Waals surface area (Å²) in [5.41, 5.74) is 6.04. The minimum atomic E-state index is 0.0375. The molecule has 0 bridgehead atoms. The summed E-state index contributed by atoms with van der Waals surface area (Å²) in [6.07, 6.45) is 6.68. The Balaban J connectivity index is 1.41. The van der Waals surface area contributed by atoms with Gasteiger partial charge in [0, 0.05) is 55.7 Å². The average Bonchev–Trinajstić information content (AvgIpc) is 3.50. The van der Waals surface area contributed by atoms with E-state index in [-0.39, 0.29) is 5.91 Å². The summed E-state index contributed by atoms with van der Waals surface area (Å²) in [5.74, 6) is 0.0375. The molecule has 0 saturated heterocycles. The molecule has 0 atom stereocenters. The molecule has 0 unspecified atom stereocenters. The molecule has 1 aliphatic heterocycles. The van der Waals surface area contributed by atoms with E-state index < -0.39 is 0 Å². The molecule has 2 N–H and O–H groups in total. The zero-order valence-electron chi connectivity index (χ0n) is 15.7. The second-order valence-corrected chi connectivity index (χ2v) is 7.56. The lowest BCUT2D eigenvalue weighted by Crippen LogP contribution is -2.34. The van der Waals surface area contributed by atoms with Gasteiger partial charge in [0.2, 0.25) is 0 Å². The van der Waals surface area contributed by atoms with Gasteiger partial charge in [0.25, 0.3) is 5.91 Å². The highest BCUT2D eigenvalue weighted by Gasteiger charge is 2.35. The molecule has 142 valence electrons. The van der Waals surface area contributed by atoms with E-state index >= 15 is 0 Å². The van der Waals surface area contributed by atoms with E-state index in [1.54, 1.807) is 6.20 Å². The summed E-state index contributed by atoms with van der Waals surface area (Å²) in [6.45, 7) is 2.24. The monoisotopic (exact) mass is 373 g/mol. The Morgan fingerprint density at radius 2 is 2.07 bits per heavy atom. The Hall–Kier alpha value is -2.99. The van der Waals surface area contributed by atoms with E-state index in [9.17, 15) is 4.79 Å². The Labute approximate surface area is 164 Å². The zero-order chi connectivity index (χ0) is 18.9. The van der Waals surface area contributed by atoms with Crippen molar-refractivity contribution < 1.29 is 4.79 Å². The molecule has 28 heavy (non-hydrogen) atoms. The van der Waals surface area contributed by atoms with Gasteiger partial charge in [-0.3, -0.25) is 14.9 Å². The largest absolute Gasteiger partial charge is 0.330 e. The maximum Gasteiger partial charge on any atom is 0.275 e. The van der Waals surface area contributed by atoms with Crippen LogP contribution in [0, 0.1) is 0 Å². The van der Waals surface area contributed by atoms with Gasteiger partial charge < -0.3 is 10.2 Å². The van der Waals surface area contributed by atoms with Crippen LogP contribution in [-0.4, -0.2) is 38.6 Å². The number of hydrogen-bond donors (Lipinski definition) is 2. The summed E-state index contributed by atoms with van der Waals surface area (Å²) < 4.78 is 0. The van der Waals surface area contributed by atoms with E-state index in [4.69, 9.17) is 0 Å². The standard InChI is InChI=1S/C22H23N5O/c28-22(21-19-13-24-10-8-20(19)25-26-21)27(18-6-7-18)14-15-3-1-4-16(11-15)17-5-2-9-23-12-17/h1-5,9,11-12,18,24H,6-8,10,13-14H2,(H,25,26). The molecule has 5 rings (SSSR count). The normalized spacial score (nSPS) is 15.9. The molecular formula is C22H23N5O. The smallest absolute Gasteiger partial charge is 0.275 e. The first-order valence-electron chi connectivity index (χ1n) is 9.87. The Morgan fingerprint density at radius 3 is 2.89 bits per heavy atom. The Bertz CT molecular complexity index is 993. The summed E-state index contributed by atoms with van der Waals surface area (Å²) in [4.78, 5) is 19.5. The van der Waals surface area contributed by atoms with Crippen LogP contribution in [0.1, 0.15) is 40.2 Å². The number of benzene rings is 1. The predicted molar refractivity (Wildman–Crippen MR) is 107 cm³/mol. The van der Waals surface area contributed by atoms with Crippen LogP contribution in [0.25, 0.3) is 11.1 Å². The van der Waals surface area contributed by atoms with Crippen LogP contribution < -0.4 is 5.32 Å². The first-order chi connectivity index (χ1) is 13.8. The maximum atomic E-state index is 13.3. The van der Waals surface area contributed by atoms with Crippen molar-refractivity contribution >= 4 is 5.91 Å². The van der Waals surface area contributed by atoms with Crippen molar-refractivity contribution in [2.24, 2.45) is 0 Å². The van der Waals surface area contributed by atoms with Crippen molar-refractivity contribution in [3.05, 3.63) is 71.3 Å². The second kappa shape index (κ2) is 7.20. The van der Waals surface area contributed by atoms with Crippen molar-refractivity contribution in [3.63, 3.8) is 0 Å². The number of nitrogens with zero attached hydrogens (tertiary/aromatic N) is 3. The molecule has 3 aromatic rings. The quantitative estimate of drug-likeness (QED) is 0.721. The van der Waals surface area contributed by atoms with Crippen molar-refractivity contribution in [3.8, 4) is 11.1 Å². The molecule has 1 fully saturated rings. The lowest BCUT2D eigenvalue weighted by molar-refractivity contribution is 0.0722. The highest BCUT2D eigenvalue weighted by Crippen LogP contribution is 2.31. The number of aromatic amines is 1. The van der Waals surface area contributed by atoms with Gasteiger partial charge in [0.1, 0.15) is 0 Å². The number of carbonyl (C=O) groups excluding carboxylic acids is 1. The molecule has 6 nitrogen and oxygen atoms in total. The molecule has 1 aromatic carbocycles. The SMILES string of the molecule is O=C(c1n[nH]c2c1CNCC2)N(Cc1cccc(-c2cccnc2)c1)C1CC1. The number of pyridine rings is 1. The highest BCUT2D eigenvalue weighted by atomic mass is 16.2. The molecule has 6 heteroatoms. The van der Waals surface area contributed by atoms with Gasteiger partial charge in [0.15, 0.2) is 5.69 Å². The fourth-order valence-corrected chi connectivity index (χ4v) is 3.87. The molecule has 1 aliphatic carbocycles. The number of H-pyrrole nitrogens is 1. The molecule has 0 radical (unpaired) electrons. The van der Waals surface area contributed by atoms with Crippen LogP contribution in [0.5, 0.6) is 0 Å². The van der Waals surface area contributed by atoms with Crippen molar-refractivity contribution in [1.29, 1.82) is 0 Å². The van der Waals surface area contributed by atoms with E-state index in [1.165, 1.54) is 0 Å². The first kappa shape index (κ1) is 17.1. The van der Waals surface area contributed by atoms with Crippen LogP contribution >= 0.6 is 0 Å². The minimum absolute atomic E-state index is 0.0375. The Morgan fingerprint density at radius 1 is 1.18 bits per heavy atom. The maximum absolute atomic E-state index is 13.3. The van der Waals surface area contributed by atoms with Crippen molar-refractivity contribution in [2.75, 3.05) is 6.54 Å². The van der Waals surface area contributed by atoms with Gasteiger partial charge in [-0.05, 0) is 41.7 Å². The number of carbonyl (C=O) groups is 1. The molecular weight excluding hydrogens is 350 g/mol. The lowest BCUT2D eigenvalue weighted by Gasteiger charge is -2.23. The molecule has 1 saturated carbocycles. The highest BCUT2D eigenvalue weighted by molar-refractivity contribution is 5.94. The first-order valence-corrected chi connectivity index (χ1v) is 9.87. The van der Waals surface area contributed by atoms with E-state index in [2.05, 4.69) is 44.8 Å². The average molecular weight is 373 g/mol. The van der Waals surface area contributed by atoms with Crippen LogP contribution in [0.4, 0.5) is 0 Å². The number of rotatable bonds is 5. The zero-order valence-corrected chi connectivity index (χ0v) is 15.7. The summed E-state index contributed by atoms with van der Waals surface area (Å²) in [5, 5.41) is 10.8. The predicted octanol–water partition coefficient (Wildman–Crippen LogP) is 2.92. The molecule has 1 amide bonds. The summed E-state index contributed by atoms with van der Waals surface area (Å²) in [6, 6.07) is 12.7. The molecule has 3 heterocycles. The number of hydrogen-bond acceptors (Lipinski definition) is 4. The molecule has 0 spiro atoms. The summed E-state index contributed by atoms with van der Waals surface area (Å²) >= 11 is 0. The van der Waals surface area contributed by atoms with Gasteiger partial charge in [-0.1, -0.05) is 24.3 Å².